The van der Waals surface area contributed by atoms with E-state index in [0.717, 1.165) is 12.2 Å². The predicted octanol–water partition coefficient (Wildman–Crippen LogP) is 2.48. The molecular weight excluding hydrogens is 196 g/mol. The molecule has 1 atom stereocenters. The maximum Gasteiger partial charge on any atom is 0.0439 e. The van der Waals surface area contributed by atoms with Gasteiger partial charge in [0.15, 0.2) is 0 Å². The van der Waals surface area contributed by atoms with E-state index in [9.17, 15) is 4.21 Å². The van der Waals surface area contributed by atoms with Crippen LogP contribution in [0.25, 0.3) is 0 Å². The standard InChI is InChI=1S/C11H24O2S/c1-2-3-4-5-6-7-10-14(13)11-8-9-12/h12H,2-11H2,1H3/t14-/m1/s1. The van der Waals surface area contributed by atoms with Crippen molar-refractivity contribution in [2.24, 2.45) is 0 Å². The molecule has 0 radical (unpaired) electrons. The molecule has 0 aromatic carbocycles. The van der Waals surface area contributed by atoms with Gasteiger partial charge in [-0.25, -0.2) is 0 Å². The Kier molecular flexibility index (Phi) is 11.3. The molecule has 0 unspecified atom stereocenters. The summed E-state index contributed by atoms with van der Waals surface area (Å²) < 4.78 is 11.3. The number of aliphatic hydroxyl groups excluding tert-OH is 1. The average Bonchev–Trinajstić information content (AvgIpc) is 2.20. The molecule has 0 rings (SSSR count). The topological polar surface area (TPSA) is 37.3 Å². The van der Waals surface area contributed by atoms with Crippen molar-refractivity contribution in [2.75, 3.05) is 18.1 Å². The fourth-order valence-electron chi connectivity index (χ4n) is 1.37. The molecule has 2 nitrogen and oxygen atoms in total. The van der Waals surface area contributed by atoms with E-state index in [0.29, 0.717) is 12.2 Å². The number of aliphatic hydroxyl groups is 1. The summed E-state index contributed by atoms with van der Waals surface area (Å²) in [6.45, 7) is 2.38. The van der Waals surface area contributed by atoms with Crippen molar-refractivity contribution in [1.29, 1.82) is 0 Å². The van der Waals surface area contributed by atoms with Crippen LogP contribution in [0.4, 0.5) is 0 Å². The molecule has 14 heavy (non-hydrogen) atoms. The van der Waals surface area contributed by atoms with Crippen LogP contribution in [-0.2, 0) is 10.8 Å². The first kappa shape index (κ1) is 14.1. The number of unbranched alkanes of at least 4 members (excludes halogenated alkanes) is 5. The van der Waals surface area contributed by atoms with Crippen LogP contribution in [-0.4, -0.2) is 27.4 Å². The molecule has 0 aliphatic carbocycles. The van der Waals surface area contributed by atoms with Crippen molar-refractivity contribution in [3.63, 3.8) is 0 Å². The summed E-state index contributed by atoms with van der Waals surface area (Å²) in [5, 5.41) is 8.55. The maximum atomic E-state index is 11.3. The van der Waals surface area contributed by atoms with E-state index in [2.05, 4.69) is 6.92 Å². The van der Waals surface area contributed by atoms with Gasteiger partial charge in [-0.3, -0.25) is 4.21 Å². The molecule has 0 aliphatic heterocycles. The summed E-state index contributed by atoms with van der Waals surface area (Å²) in [6.07, 6.45) is 8.19. The molecule has 0 heterocycles. The van der Waals surface area contributed by atoms with E-state index in [4.69, 9.17) is 5.11 Å². The van der Waals surface area contributed by atoms with Gasteiger partial charge < -0.3 is 5.11 Å². The zero-order chi connectivity index (χ0) is 10.6. The van der Waals surface area contributed by atoms with Crippen LogP contribution >= 0.6 is 0 Å². The minimum atomic E-state index is -0.687. The van der Waals surface area contributed by atoms with Crippen LogP contribution in [0.2, 0.25) is 0 Å². The highest BCUT2D eigenvalue weighted by Gasteiger charge is 1.98. The molecule has 0 saturated carbocycles. The summed E-state index contributed by atoms with van der Waals surface area (Å²) >= 11 is 0. The van der Waals surface area contributed by atoms with E-state index >= 15 is 0 Å². The molecule has 0 aromatic heterocycles. The highest BCUT2D eigenvalue weighted by molar-refractivity contribution is 7.84. The quantitative estimate of drug-likeness (QED) is 0.574. The van der Waals surface area contributed by atoms with Gasteiger partial charge in [0, 0.05) is 28.9 Å². The van der Waals surface area contributed by atoms with Gasteiger partial charge in [-0.05, 0) is 12.8 Å². The van der Waals surface area contributed by atoms with Crippen molar-refractivity contribution in [1.82, 2.24) is 0 Å². The van der Waals surface area contributed by atoms with Crippen LogP contribution in [0, 0.1) is 0 Å². The lowest BCUT2D eigenvalue weighted by Crippen LogP contribution is -2.04. The Morgan fingerprint density at radius 2 is 1.50 bits per heavy atom. The first-order valence-corrected chi connectivity index (χ1v) is 7.26. The van der Waals surface area contributed by atoms with E-state index in [1.165, 1.54) is 32.1 Å². The normalized spacial score (nSPS) is 13.0. The van der Waals surface area contributed by atoms with E-state index in [1.54, 1.807) is 0 Å². The third-order valence-corrected chi connectivity index (χ3v) is 3.74. The summed E-state index contributed by atoms with van der Waals surface area (Å²) in [5.74, 6) is 1.50. The largest absolute Gasteiger partial charge is 0.396 e. The van der Waals surface area contributed by atoms with Crippen molar-refractivity contribution in [2.45, 2.75) is 51.9 Å². The van der Waals surface area contributed by atoms with Crippen LogP contribution < -0.4 is 0 Å². The van der Waals surface area contributed by atoms with Crippen LogP contribution in [0.5, 0.6) is 0 Å². The molecule has 3 heteroatoms. The maximum absolute atomic E-state index is 11.3. The molecule has 0 fully saturated rings. The second-order valence-corrected chi connectivity index (χ2v) is 5.39. The minimum Gasteiger partial charge on any atom is -0.396 e. The molecule has 1 N–H and O–H groups in total. The Bertz CT molecular complexity index is 137. The second-order valence-electron chi connectivity index (χ2n) is 3.69. The molecule has 0 amide bonds. The molecule has 0 saturated heterocycles. The Hall–Kier alpha value is 0.110. The predicted molar refractivity (Wildman–Crippen MR) is 63.0 cm³/mol. The summed E-state index contributed by atoms with van der Waals surface area (Å²) in [6, 6.07) is 0. The lowest BCUT2D eigenvalue weighted by Gasteiger charge is -2.01. The Morgan fingerprint density at radius 3 is 2.14 bits per heavy atom. The zero-order valence-corrected chi connectivity index (χ0v) is 10.2. The smallest absolute Gasteiger partial charge is 0.0439 e. The summed E-state index contributed by atoms with van der Waals surface area (Å²) in [7, 11) is -0.687. The SMILES string of the molecule is CCCCCCCC[S@@](=O)CCCO. The van der Waals surface area contributed by atoms with Gasteiger partial charge in [-0.15, -0.1) is 0 Å². The number of rotatable bonds is 10. The Morgan fingerprint density at radius 1 is 0.929 bits per heavy atom. The van der Waals surface area contributed by atoms with Gasteiger partial charge in [-0.1, -0.05) is 39.0 Å². The number of hydrogen-bond acceptors (Lipinski definition) is 2. The first-order chi connectivity index (χ1) is 6.81. The third kappa shape index (κ3) is 10.2. The van der Waals surface area contributed by atoms with Gasteiger partial charge >= 0.3 is 0 Å². The molecule has 0 spiro atoms. The summed E-state index contributed by atoms with van der Waals surface area (Å²) in [4.78, 5) is 0. The number of hydrogen-bond donors (Lipinski definition) is 1. The second kappa shape index (κ2) is 11.2. The van der Waals surface area contributed by atoms with E-state index < -0.39 is 10.8 Å². The highest BCUT2D eigenvalue weighted by Crippen LogP contribution is 2.05. The van der Waals surface area contributed by atoms with Crippen molar-refractivity contribution in [3.8, 4) is 0 Å². The highest BCUT2D eigenvalue weighted by atomic mass is 32.2. The minimum absolute atomic E-state index is 0.169. The van der Waals surface area contributed by atoms with Gasteiger partial charge in [0.1, 0.15) is 0 Å². The fourth-order valence-corrected chi connectivity index (χ4v) is 2.55. The first-order valence-electron chi connectivity index (χ1n) is 5.77. The average molecular weight is 220 g/mol. The molecule has 0 bridgehead atoms. The van der Waals surface area contributed by atoms with Crippen molar-refractivity contribution < 1.29 is 9.32 Å². The Balaban J connectivity index is 3.07. The molecule has 0 aromatic rings. The van der Waals surface area contributed by atoms with E-state index in [-0.39, 0.29) is 6.61 Å². The van der Waals surface area contributed by atoms with Crippen LogP contribution in [0.3, 0.4) is 0 Å². The van der Waals surface area contributed by atoms with Crippen LogP contribution in [0.15, 0.2) is 0 Å². The van der Waals surface area contributed by atoms with Gasteiger partial charge in [0.2, 0.25) is 0 Å². The van der Waals surface area contributed by atoms with Gasteiger partial charge in [-0.2, -0.15) is 0 Å². The fraction of sp³-hybridized carbons (Fsp3) is 1.00. The van der Waals surface area contributed by atoms with E-state index in [1.807, 2.05) is 0 Å². The Labute approximate surface area is 90.6 Å². The van der Waals surface area contributed by atoms with Crippen molar-refractivity contribution in [3.05, 3.63) is 0 Å². The van der Waals surface area contributed by atoms with Crippen molar-refractivity contribution >= 4 is 10.8 Å². The monoisotopic (exact) mass is 220 g/mol. The lowest BCUT2D eigenvalue weighted by atomic mass is 10.1. The molecule has 86 valence electrons. The molecule has 0 aliphatic rings. The van der Waals surface area contributed by atoms with Gasteiger partial charge in [0.05, 0.1) is 0 Å². The van der Waals surface area contributed by atoms with Gasteiger partial charge in [0.25, 0.3) is 0 Å². The zero-order valence-electron chi connectivity index (χ0n) is 9.33. The molecular formula is C11H24O2S. The summed E-state index contributed by atoms with van der Waals surface area (Å²) in [5.41, 5.74) is 0. The third-order valence-electron chi connectivity index (χ3n) is 2.26. The van der Waals surface area contributed by atoms with Crippen LogP contribution in [0.1, 0.15) is 51.9 Å². The lowest BCUT2D eigenvalue weighted by molar-refractivity contribution is 0.296.